The number of aliphatic hydroxyl groups is 1. The summed E-state index contributed by atoms with van der Waals surface area (Å²) in [6.45, 7) is -0.115. The molecule has 3 aromatic heterocycles. The first-order valence-electron chi connectivity index (χ1n) is 11.6. The summed E-state index contributed by atoms with van der Waals surface area (Å²) in [7, 11) is 1.55. The average molecular weight is 488 g/mol. The molecule has 0 spiro atoms. The van der Waals surface area contributed by atoms with Gasteiger partial charge in [0.25, 0.3) is 6.43 Å². The van der Waals surface area contributed by atoms with Crippen molar-refractivity contribution in [2.75, 3.05) is 25.6 Å². The van der Waals surface area contributed by atoms with Crippen LogP contribution in [0.1, 0.15) is 25.7 Å². The third-order valence-corrected chi connectivity index (χ3v) is 6.26. The molecule has 12 heteroatoms. The Bertz CT molecular complexity index is 1300. The van der Waals surface area contributed by atoms with E-state index in [4.69, 9.17) is 14.6 Å². The van der Waals surface area contributed by atoms with Gasteiger partial charge in [-0.15, -0.1) is 10.2 Å². The normalized spacial score (nSPS) is 18.5. The summed E-state index contributed by atoms with van der Waals surface area (Å²) in [5, 5.41) is 24.8. The number of aliphatic hydroxyl groups excluding tert-OH is 1. The van der Waals surface area contributed by atoms with E-state index in [1.54, 1.807) is 23.8 Å². The molecule has 0 saturated heterocycles. The fraction of sp³-hybridized carbons (Fsp3) is 0.478. The summed E-state index contributed by atoms with van der Waals surface area (Å²) in [5.74, 6) is 0.868. The second-order valence-electron chi connectivity index (χ2n) is 8.55. The van der Waals surface area contributed by atoms with Gasteiger partial charge in [-0.1, -0.05) is 11.3 Å². The minimum Gasteiger partial charge on any atom is -0.479 e. The Morgan fingerprint density at radius 1 is 1.20 bits per heavy atom. The smallest absolute Gasteiger partial charge is 0.258 e. The fourth-order valence-electron chi connectivity index (χ4n) is 4.60. The van der Waals surface area contributed by atoms with Crippen LogP contribution in [-0.2, 0) is 11.3 Å². The van der Waals surface area contributed by atoms with Crippen LogP contribution in [0.5, 0.6) is 5.88 Å². The van der Waals surface area contributed by atoms with E-state index >= 15 is 0 Å². The van der Waals surface area contributed by atoms with Crippen LogP contribution < -0.4 is 10.1 Å². The molecule has 5 rings (SSSR count). The lowest BCUT2D eigenvalue weighted by Crippen LogP contribution is -2.31. The number of hydrogen-bond donors (Lipinski definition) is 2. The van der Waals surface area contributed by atoms with Gasteiger partial charge in [-0.3, -0.25) is 0 Å². The van der Waals surface area contributed by atoms with Crippen LogP contribution in [0.25, 0.3) is 27.7 Å². The molecule has 1 aromatic carbocycles. The van der Waals surface area contributed by atoms with Crippen LogP contribution in [0.3, 0.4) is 0 Å². The van der Waals surface area contributed by atoms with Gasteiger partial charge in [0.05, 0.1) is 31.9 Å². The Morgan fingerprint density at radius 3 is 2.77 bits per heavy atom. The number of fused-ring (bicyclic) bond motifs is 2. The largest absolute Gasteiger partial charge is 0.479 e. The highest BCUT2D eigenvalue weighted by molar-refractivity contribution is 5.89. The minimum atomic E-state index is -2.53. The van der Waals surface area contributed by atoms with E-state index < -0.39 is 13.0 Å². The predicted molar refractivity (Wildman–Crippen MR) is 125 cm³/mol. The quantitative estimate of drug-likeness (QED) is 0.370. The van der Waals surface area contributed by atoms with Crippen LogP contribution in [0.2, 0.25) is 0 Å². The van der Waals surface area contributed by atoms with Gasteiger partial charge >= 0.3 is 0 Å². The van der Waals surface area contributed by atoms with Gasteiger partial charge in [-0.25, -0.2) is 18.0 Å². The predicted octanol–water partition coefficient (Wildman–Crippen LogP) is 3.15. The molecular formula is C23H27F2N7O3. The first kappa shape index (κ1) is 23.4. The molecule has 0 atom stereocenters. The lowest BCUT2D eigenvalue weighted by molar-refractivity contribution is 0.00718. The summed E-state index contributed by atoms with van der Waals surface area (Å²) in [4.78, 5) is 4.59. The van der Waals surface area contributed by atoms with Crippen molar-refractivity contribution in [1.29, 1.82) is 0 Å². The van der Waals surface area contributed by atoms with Gasteiger partial charge in [-0.2, -0.15) is 4.98 Å². The number of ether oxygens (including phenoxy) is 2. The molecular weight excluding hydrogens is 460 g/mol. The van der Waals surface area contributed by atoms with E-state index in [9.17, 15) is 8.78 Å². The van der Waals surface area contributed by atoms with Crippen molar-refractivity contribution < 1.29 is 23.4 Å². The molecule has 1 aliphatic carbocycles. The number of hydrogen-bond acceptors (Lipinski definition) is 8. The van der Waals surface area contributed by atoms with Crippen molar-refractivity contribution in [3.63, 3.8) is 0 Å². The number of nitrogens with one attached hydrogen (secondary N) is 1. The highest BCUT2D eigenvalue weighted by Gasteiger charge is 2.23. The maximum atomic E-state index is 12.9. The lowest BCUT2D eigenvalue weighted by atomic mass is 9.93. The van der Waals surface area contributed by atoms with Crippen LogP contribution >= 0.6 is 0 Å². The Labute approximate surface area is 199 Å². The number of nitrogens with zero attached hydrogens (tertiary/aromatic N) is 6. The molecule has 2 N–H and O–H groups in total. The number of halogens is 2. The fourth-order valence-corrected chi connectivity index (χ4v) is 4.60. The van der Waals surface area contributed by atoms with Gasteiger partial charge in [0.1, 0.15) is 17.6 Å². The molecule has 0 radical (unpaired) electrons. The first-order valence-corrected chi connectivity index (χ1v) is 11.6. The third kappa shape index (κ3) is 4.89. The Morgan fingerprint density at radius 2 is 2.03 bits per heavy atom. The van der Waals surface area contributed by atoms with Gasteiger partial charge in [0.2, 0.25) is 11.8 Å². The molecule has 4 aromatic rings. The molecule has 186 valence electrons. The van der Waals surface area contributed by atoms with Gasteiger partial charge < -0.3 is 19.9 Å². The van der Waals surface area contributed by atoms with E-state index in [0.29, 0.717) is 35.0 Å². The maximum absolute atomic E-state index is 12.9. The molecule has 35 heavy (non-hydrogen) atoms. The molecule has 10 nitrogen and oxygen atoms in total. The molecule has 0 amide bonds. The standard InChI is InChI=1S/C23H27F2N7O3/c1-34-22-21-17(14-2-7-18-19(12-14)32(30-28-18)13-20(24)25)8-9-31(21)29-23(27-22)26-15-3-5-16(6-4-15)35-11-10-33/h2,7-9,12,15-16,20,33H,3-6,10-11,13H2,1H3,(H,26,29)/t15-,16+. The van der Waals surface area contributed by atoms with Crippen LogP contribution in [-0.4, -0.2) is 73.6 Å². The van der Waals surface area contributed by atoms with E-state index in [1.807, 2.05) is 18.3 Å². The molecule has 3 heterocycles. The second-order valence-corrected chi connectivity index (χ2v) is 8.55. The SMILES string of the molecule is COc1nc(N[C@H]2CC[C@@H](OCCO)CC2)nn2ccc(-c3ccc4nnn(CC(F)F)c4c3)c12. The molecule has 1 fully saturated rings. The highest BCUT2D eigenvalue weighted by Crippen LogP contribution is 2.33. The Balaban J connectivity index is 1.40. The number of anilines is 1. The van der Waals surface area contributed by atoms with Crippen LogP contribution in [0, 0.1) is 0 Å². The zero-order valence-electron chi connectivity index (χ0n) is 19.3. The Hall–Kier alpha value is -3.38. The Kier molecular flexibility index (Phi) is 6.73. The topological polar surface area (TPSA) is 112 Å². The zero-order chi connectivity index (χ0) is 24.4. The summed E-state index contributed by atoms with van der Waals surface area (Å²) in [6, 6.07) is 7.51. The van der Waals surface area contributed by atoms with Crippen molar-refractivity contribution in [2.24, 2.45) is 0 Å². The van der Waals surface area contributed by atoms with Crippen molar-refractivity contribution >= 4 is 22.5 Å². The maximum Gasteiger partial charge on any atom is 0.258 e. The monoisotopic (exact) mass is 487 g/mol. The molecule has 1 saturated carbocycles. The highest BCUT2D eigenvalue weighted by atomic mass is 19.3. The van der Waals surface area contributed by atoms with Crippen molar-refractivity contribution in [1.82, 2.24) is 29.6 Å². The van der Waals surface area contributed by atoms with E-state index in [0.717, 1.165) is 36.8 Å². The van der Waals surface area contributed by atoms with Gasteiger partial charge in [0, 0.05) is 17.8 Å². The van der Waals surface area contributed by atoms with E-state index in [-0.39, 0.29) is 18.8 Å². The number of alkyl halides is 2. The summed E-state index contributed by atoms with van der Waals surface area (Å²) in [5.41, 5.74) is 3.35. The van der Waals surface area contributed by atoms with Crippen LogP contribution in [0.4, 0.5) is 14.7 Å². The third-order valence-electron chi connectivity index (χ3n) is 6.26. The van der Waals surface area contributed by atoms with Crippen molar-refractivity contribution in [2.45, 2.75) is 50.8 Å². The van der Waals surface area contributed by atoms with Crippen molar-refractivity contribution in [3.8, 4) is 17.0 Å². The first-order chi connectivity index (χ1) is 17.1. The average Bonchev–Trinajstić information content (AvgIpc) is 3.46. The molecule has 0 unspecified atom stereocenters. The molecule has 0 bridgehead atoms. The van der Waals surface area contributed by atoms with E-state index in [2.05, 4.69) is 25.7 Å². The van der Waals surface area contributed by atoms with Crippen molar-refractivity contribution in [3.05, 3.63) is 30.5 Å². The number of aromatic nitrogens is 6. The summed E-state index contributed by atoms with van der Waals surface area (Å²) in [6.07, 6.45) is 3.11. The minimum absolute atomic E-state index is 0.0365. The zero-order valence-corrected chi connectivity index (χ0v) is 19.3. The van der Waals surface area contributed by atoms with E-state index in [1.165, 1.54) is 4.68 Å². The van der Waals surface area contributed by atoms with Gasteiger partial charge in [-0.05, 0) is 49.4 Å². The van der Waals surface area contributed by atoms with Crippen LogP contribution in [0.15, 0.2) is 30.5 Å². The molecule has 1 aliphatic rings. The lowest BCUT2D eigenvalue weighted by Gasteiger charge is -2.29. The second kappa shape index (κ2) is 10.1. The number of benzene rings is 1. The summed E-state index contributed by atoms with van der Waals surface area (Å²) < 4.78 is 40.0. The number of methoxy groups -OCH3 is 1. The van der Waals surface area contributed by atoms with Gasteiger partial charge in [0.15, 0.2) is 0 Å². The number of rotatable bonds is 9. The summed E-state index contributed by atoms with van der Waals surface area (Å²) >= 11 is 0. The molecule has 0 aliphatic heterocycles.